The molecule has 0 aromatic heterocycles. The SMILES string of the molecule is C[C@H](NC(=S)Nc1cccc(C(F)(F)F)c1)c1ccc(C(C)(C)C)cc1. The van der Waals surface area contributed by atoms with Crippen molar-refractivity contribution in [3.8, 4) is 0 Å². The number of nitrogens with one attached hydrogen (secondary N) is 2. The minimum atomic E-state index is -4.38. The second-order valence-corrected chi connectivity index (χ2v) is 7.68. The van der Waals surface area contributed by atoms with Crippen molar-refractivity contribution < 1.29 is 13.2 Å². The first-order valence-corrected chi connectivity index (χ1v) is 8.73. The lowest BCUT2D eigenvalue weighted by Crippen LogP contribution is -2.31. The Kier molecular flexibility index (Phi) is 5.96. The normalized spacial score (nSPS) is 13.2. The van der Waals surface area contributed by atoms with Crippen LogP contribution >= 0.6 is 12.2 Å². The zero-order chi connectivity index (χ0) is 19.5. The van der Waals surface area contributed by atoms with Crippen LogP contribution in [0.15, 0.2) is 48.5 Å². The highest BCUT2D eigenvalue weighted by Crippen LogP contribution is 2.30. The second-order valence-electron chi connectivity index (χ2n) is 7.27. The average Bonchev–Trinajstić information content (AvgIpc) is 2.53. The Hall–Kier alpha value is -2.08. The fourth-order valence-corrected chi connectivity index (χ4v) is 2.79. The largest absolute Gasteiger partial charge is 0.416 e. The van der Waals surface area contributed by atoms with Crippen molar-refractivity contribution in [3.05, 3.63) is 65.2 Å². The summed E-state index contributed by atoms with van der Waals surface area (Å²) in [4.78, 5) is 0. The minimum Gasteiger partial charge on any atom is -0.356 e. The standard InChI is InChI=1S/C20H23F3N2S/c1-13(14-8-10-15(11-9-14)19(2,3)4)24-18(26)25-17-7-5-6-16(12-17)20(21,22)23/h5-13H,1-4H3,(H2,24,25,26)/t13-/m0/s1. The number of rotatable bonds is 3. The van der Waals surface area contributed by atoms with Gasteiger partial charge in [0.2, 0.25) is 0 Å². The van der Waals surface area contributed by atoms with Gasteiger partial charge in [0, 0.05) is 5.69 Å². The lowest BCUT2D eigenvalue weighted by Gasteiger charge is -2.21. The zero-order valence-corrected chi connectivity index (χ0v) is 16.1. The summed E-state index contributed by atoms with van der Waals surface area (Å²) in [5.74, 6) is 0. The molecule has 0 saturated heterocycles. The van der Waals surface area contributed by atoms with Crippen LogP contribution in [-0.2, 0) is 11.6 Å². The molecule has 0 amide bonds. The monoisotopic (exact) mass is 380 g/mol. The van der Waals surface area contributed by atoms with Crippen LogP contribution in [-0.4, -0.2) is 5.11 Å². The van der Waals surface area contributed by atoms with Gasteiger partial charge in [-0.15, -0.1) is 0 Å². The first kappa shape index (κ1) is 20.2. The maximum Gasteiger partial charge on any atom is 0.416 e. The topological polar surface area (TPSA) is 24.1 Å². The number of benzene rings is 2. The molecule has 0 saturated carbocycles. The smallest absolute Gasteiger partial charge is 0.356 e. The van der Waals surface area contributed by atoms with Gasteiger partial charge in [0.15, 0.2) is 5.11 Å². The van der Waals surface area contributed by atoms with E-state index in [2.05, 4.69) is 43.5 Å². The van der Waals surface area contributed by atoms with Gasteiger partial charge in [-0.1, -0.05) is 51.1 Å². The summed E-state index contributed by atoms with van der Waals surface area (Å²) in [7, 11) is 0. The molecule has 1 atom stereocenters. The van der Waals surface area contributed by atoms with Crippen LogP contribution in [0.1, 0.15) is 50.4 Å². The summed E-state index contributed by atoms with van der Waals surface area (Å²) in [6.07, 6.45) is -4.38. The second kappa shape index (κ2) is 7.66. The van der Waals surface area contributed by atoms with Gasteiger partial charge in [-0.2, -0.15) is 13.2 Å². The van der Waals surface area contributed by atoms with E-state index in [0.29, 0.717) is 5.69 Å². The van der Waals surface area contributed by atoms with E-state index in [1.54, 1.807) is 6.07 Å². The number of hydrogen-bond acceptors (Lipinski definition) is 1. The number of alkyl halides is 3. The third-order valence-electron chi connectivity index (χ3n) is 4.07. The first-order chi connectivity index (χ1) is 12.0. The highest BCUT2D eigenvalue weighted by atomic mass is 32.1. The van der Waals surface area contributed by atoms with E-state index in [1.807, 2.05) is 19.1 Å². The summed E-state index contributed by atoms with van der Waals surface area (Å²) in [5.41, 5.74) is 1.95. The first-order valence-electron chi connectivity index (χ1n) is 8.32. The van der Waals surface area contributed by atoms with Gasteiger partial charge in [-0.3, -0.25) is 0 Å². The van der Waals surface area contributed by atoms with Crippen LogP contribution < -0.4 is 10.6 Å². The number of anilines is 1. The molecule has 0 spiro atoms. The van der Waals surface area contributed by atoms with E-state index in [0.717, 1.165) is 17.7 Å². The average molecular weight is 380 g/mol. The molecule has 2 rings (SSSR count). The Balaban J connectivity index is 2.01. The predicted molar refractivity (Wildman–Crippen MR) is 104 cm³/mol. The molecule has 2 nitrogen and oxygen atoms in total. The van der Waals surface area contributed by atoms with Gasteiger partial charge in [-0.25, -0.2) is 0 Å². The summed E-state index contributed by atoms with van der Waals surface area (Å²) < 4.78 is 38.3. The van der Waals surface area contributed by atoms with Crippen LogP contribution in [0.25, 0.3) is 0 Å². The molecule has 0 aliphatic heterocycles. The van der Waals surface area contributed by atoms with Gasteiger partial charge >= 0.3 is 6.18 Å². The Morgan fingerprint density at radius 3 is 2.12 bits per heavy atom. The molecule has 0 aliphatic rings. The Labute approximate surface area is 157 Å². The molecule has 0 aliphatic carbocycles. The van der Waals surface area contributed by atoms with Crippen LogP contribution in [0, 0.1) is 0 Å². The van der Waals surface area contributed by atoms with Crippen molar-refractivity contribution in [3.63, 3.8) is 0 Å². The Bertz CT molecular complexity index is 762. The molecule has 2 N–H and O–H groups in total. The molecule has 0 radical (unpaired) electrons. The van der Waals surface area contributed by atoms with E-state index in [1.165, 1.54) is 11.6 Å². The quantitative estimate of drug-likeness (QED) is 0.634. The summed E-state index contributed by atoms with van der Waals surface area (Å²) >= 11 is 5.23. The number of thiocarbonyl (C=S) groups is 1. The van der Waals surface area contributed by atoms with Gasteiger partial charge < -0.3 is 10.6 Å². The Morgan fingerprint density at radius 1 is 0.962 bits per heavy atom. The van der Waals surface area contributed by atoms with Crippen molar-refractivity contribution in [1.29, 1.82) is 0 Å². The van der Waals surface area contributed by atoms with E-state index in [9.17, 15) is 13.2 Å². The molecule has 2 aromatic carbocycles. The van der Waals surface area contributed by atoms with Crippen molar-refractivity contribution in [2.75, 3.05) is 5.32 Å². The molecule has 0 heterocycles. The van der Waals surface area contributed by atoms with Gasteiger partial charge in [0.05, 0.1) is 11.6 Å². The maximum absolute atomic E-state index is 12.8. The fraction of sp³-hybridized carbons (Fsp3) is 0.350. The molecule has 26 heavy (non-hydrogen) atoms. The predicted octanol–water partition coefficient (Wildman–Crippen LogP) is 6.05. The van der Waals surface area contributed by atoms with Crippen molar-refractivity contribution in [2.24, 2.45) is 0 Å². The summed E-state index contributed by atoms with van der Waals surface area (Å²) in [6, 6.07) is 13.1. The summed E-state index contributed by atoms with van der Waals surface area (Å²) in [5, 5.41) is 6.19. The van der Waals surface area contributed by atoms with Crippen LogP contribution in [0.2, 0.25) is 0 Å². The van der Waals surface area contributed by atoms with Gasteiger partial charge in [0.1, 0.15) is 0 Å². The van der Waals surface area contributed by atoms with Crippen molar-refractivity contribution in [2.45, 2.75) is 45.3 Å². The minimum absolute atomic E-state index is 0.0742. The van der Waals surface area contributed by atoms with Crippen LogP contribution in [0.4, 0.5) is 18.9 Å². The maximum atomic E-state index is 12.8. The van der Waals surface area contributed by atoms with Crippen LogP contribution in [0.3, 0.4) is 0 Å². The molecule has 6 heteroatoms. The number of hydrogen-bond donors (Lipinski definition) is 2. The lowest BCUT2D eigenvalue weighted by atomic mass is 9.86. The van der Waals surface area contributed by atoms with Gasteiger partial charge in [0.25, 0.3) is 0 Å². The van der Waals surface area contributed by atoms with E-state index >= 15 is 0 Å². The molecular formula is C20H23F3N2S. The third kappa shape index (κ3) is 5.46. The van der Waals surface area contributed by atoms with Crippen molar-refractivity contribution >= 4 is 23.0 Å². The highest BCUT2D eigenvalue weighted by molar-refractivity contribution is 7.80. The van der Waals surface area contributed by atoms with Gasteiger partial charge in [-0.05, 0) is 53.9 Å². The molecule has 140 valence electrons. The highest BCUT2D eigenvalue weighted by Gasteiger charge is 2.30. The molecule has 0 unspecified atom stereocenters. The van der Waals surface area contributed by atoms with E-state index < -0.39 is 11.7 Å². The molecule has 0 bridgehead atoms. The molecule has 0 fully saturated rings. The molecule has 2 aromatic rings. The van der Waals surface area contributed by atoms with Crippen LogP contribution in [0.5, 0.6) is 0 Å². The zero-order valence-electron chi connectivity index (χ0n) is 15.2. The molecular weight excluding hydrogens is 357 g/mol. The third-order valence-corrected chi connectivity index (χ3v) is 4.29. The van der Waals surface area contributed by atoms with E-state index in [-0.39, 0.29) is 16.6 Å². The summed E-state index contributed by atoms with van der Waals surface area (Å²) in [6.45, 7) is 8.40. The fourth-order valence-electron chi connectivity index (χ4n) is 2.49. The van der Waals surface area contributed by atoms with Crippen molar-refractivity contribution in [1.82, 2.24) is 5.32 Å². The Morgan fingerprint density at radius 2 is 1.58 bits per heavy atom. The lowest BCUT2D eigenvalue weighted by molar-refractivity contribution is -0.137. The van der Waals surface area contributed by atoms with E-state index in [4.69, 9.17) is 12.2 Å². The number of halogens is 3.